The Hall–Kier alpha value is -2.44. The van der Waals surface area contributed by atoms with Crippen LogP contribution in [0.1, 0.15) is 25.3 Å². The molecule has 1 aromatic rings. The quantitative estimate of drug-likeness (QED) is 0.871. The lowest BCUT2D eigenvalue weighted by molar-refractivity contribution is -0.135. The van der Waals surface area contributed by atoms with Crippen LogP contribution in [0.4, 0.5) is 4.39 Å². The highest BCUT2D eigenvalue weighted by Crippen LogP contribution is 2.50. The largest absolute Gasteiger partial charge is 0.369 e. The van der Waals surface area contributed by atoms with Crippen molar-refractivity contribution in [3.63, 3.8) is 0 Å². The number of hydrogen-bond acceptors (Lipinski definition) is 3. The van der Waals surface area contributed by atoms with Crippen molar-refractivity contribution >= 4 is 17.7 Å². The lowest BCUT2D eigenvalue weighted by Gasteiger charge is -2.27. The van der Waals surface area contributed by atoms with Crippen molar-refractivity contribution in [3.05, 3.63) is 35.6 Å². The highest BCUT2D eigenvalue weighted by molar-refractivity contribution is 5.92. The standard InChI is InChI=1S/C18H22FN3O3/c1-12(23)21-8-9-22(11-13(10-21)16(20)24)17(25)18(6-7-18)14-4-2-3-5-15(14)19/h2-5,13H,6-11H2,1H3,(H2,20,24)/t13-/m0/s1. The van der Waals surface area contributed by atoms with E-state index in [0.717, 1.165) is 0 Å². The van der Waals surface area contributed by atoms with Crippen molar-refractivity contribution in [2.45, 2.75) is 25.2 Å². The van der Waals surface area contributed by atoms with E-state index in [2.05, 4.69) is 0 Å². The number of amides is 3. The summed E-state index contributed by atoms with van der Waals surface area (Å²) in [5, 5.41) is 0. The number of nitrogens with two attached hydrogens (primary N) is 1. The maximum absolute atomic E-state index is 14.2. The molecule has 25 heavy (non-hydrogen) atoms. The third kappa shape index (κ3) is 3.23. The first-order valence-electron chi connectivity index (χ1n) is 8.44. The van der Waals surface area contributed by atoms with Gasteiger partial charge in [0.05, 0.1) is 11.3 Å². The maximum atomic E-state index is 14.2. The molecule has 0 radical (unpaired) electrons. The highest BCUT2D eigenvalue weighted by atomic mass is 19.1. The van der Waals surface area contributed by atoms with Crippen LogP contribution in [0.5, 0.6) is 0 Å². The molecule has 6 nitrogen and oxygen atoms in total. The summed E-state index contributed by atoms with van der Waals surface area (Å²) in [4.78, 5) is 39.6. The van der Waals surface area contributed by atoms with E-state index in [0.29, 0.717) is 31.5 Å². The van der Waals surface area contributed by atoms with E-state index in [-0.39, 0.29) is 30.7 Å². The molecule has 2 fully saturated rings. The third-order valence-corrected chi connectivity index (χ3v) is 5.21. The van der Waals surface area contributed by atoms with Crippen molar-refractivity contribution < 1.29 is 18.8 Å². The molecule has 0 aromatic heterocycles. The predicted octanol–water partition coefficient (Wildman–Crippen LogP) is 0.650. The van der Waals surface area contributed by atoms with Crippen molar-refractivity contribution in [3.8, 4) is 0 Å². The van der Waals surface area contributed by atoms with E-state index in [1.54, 1.807) is 23.1 Å². The number of rotatable bonds is 3. The van der Waals surface area contributed by atoms with E-state index < -0.39 is 17.2 Å². The molecular weight excluding hydrogens is 325 g/mol. The minimum atomic E-state index is -0.848. The van der Waals surface area contributed by atoms with Gasteiger partial charge in [-0.15, -0.1) is 0 Å². The van der Waals surface area contributed by atoms with Gasteiger partial charge in [0.2, 0.25) is 17.7 Å². The zero-order chi connectivity index (χ0) is 18.2. The molecule has 0 spiro atoms. The Kier molecular flexibility index (Phi) is 4.49. The first kappa shape index (κ1) is 17.4. The first-order chi connectivity index (χ1) is 11.8. The van der Waals surface area contributed by atoms with Gasteiger partial charge < -0.3 is 15.5 Å². The van der Waals surface area contributed by atoms with Crippen LogP contribution in [0.25, 0.3) is 0 Å². The first-order valence-corrected chi connectivity index (χ1v) is 8.44. The van der Waals surface area contributed by atoms with Crippen LogP contribution in [0.2, 0.25) is 0 Å². The number of hydrogen-bond donors (Lipinski definition) is 1. The van der Waals surface area contributed by atoms with Gasteiger partial charge in [0.15, 0.2) is 0 Å². The summed E-state index contributed by atoms with van der Waals surface area (Å²) < 4.78 is 14.2. The van der Waals surface area contributed by atoms with E-state index in [1.165, 1.54) is 17.9 Å². The second-order valence-electron chi connectivity index (χ2n) is 6.88. The predicted molar refractivity (Wildman–Crippen MR) is 88.8 cm³/mol. The second kappa shape index (κ2) is 6.46. The van der Waals surface area contributed by atoms with Gasteiger partial charge in [-0.2, -0.15) is 0 Å². The molecular formula is C18H22FN3O3. The van der Waals surface area contributed by atoms with Gasteiger partial charge in [-0.1, -0.05) is 18.2 Å². The van der Waals surface area contributed by atoms with E-state index >= 15 is 0 Å². The molecule has 1 aliphatic heterocycles. The molecule has 0 unspecified atom stereocenters. The number of primary amides is 1. The number of nitrogens with zero attached hydrogens (tertiary/aromatic N) is 2. The maximum Gasteiger partial charge on any atom is 0.233 e. The molecule has 3 rings (SSSR count). The van der Waals surface area contributed by atoms with Crippen LogP contribution in [-0.2, 0) is 19.8 Å². The van der Waals surface area contributed by atoms with E-state index in [4.69, 9.17) is 5.73 Å². The third-order valence-electron chi connectivity index (χ3n) is 5.21. The number of benzene rings is 1. The van der Waals surface area contributed by atoms with Crippen LogP contribution < -0.4 is 5.73 Å². The lowest BCUT2D eigenvalue weighted by atomic mass is 9.93. The van der Waals surface area contributed by atoms with Crippen molar-refractivity contribution in [2.24, 2.45) is 11.7 Å². The van der Waals surface area contributed by atoms with Crippen LogP contribution in [0, 0.1) is 11.7 Å². The van der Waals surface area contributed by atoms with Crippen LogP contribution in [0.3, 0.4) is 0 Å². The van der Waals surface area contributed by atoms with Crippen LogP contribution in [0.15, 0.2) is 24.3 Å². The van der Waals surface area contributed by atoms with Crippen LogP contribution >= 0.6 is 0 Å². The molecule has 2 N–H and O–H groups in total. The molecule has 3 amide bonds. The monoisotopic (exact) mass is 347 g/mol. The van der Waals surface area contributed by atoms with Gasteiger partial charge in [-0.3, -0.25) is 14.4 Å². The number of halogens is 1. The summed E-state index contributed by atoms with van der Waals surface area (Å²) in [6, 6.07) is 6.32. The van der Waals surface area contributed by atoms with Gasteiger partial charge >= 0.3 is 0 Å². The van der Waals surface area contributed by atoms with Crippen molar-refractivity contribution in [1.29, 1.82) is 0 Å². The summed E-state index contributed by atoms with van der Waals surface area (Å²) in [6.07, 6.45) is 1.17. The number of carbonyl (C=O) groups excluding carboxylic acids is 3. The van der Waals surface area contributed by atoms with Gasteiger partial charge in [-0.05, 0) is 18.9 Å². The normalized spacial score (nSPS) is 22.2. The van der Waals surface area contributed by atoms with Crippen molar-refractivity contribution in [2.75, 3.05) is 26.2 Å². The SMILES string of the molecule is CC(=O)N1CCN(C(=O)C2(c3ccccc3F)CC2)C[C@@H](C(N)=O)C1. The van der Waals surface area contributed by atoms with Gasteiger partial charge in [0, 0.05) is 38.7 Å². The Labute approximate surface area is 145 Å². The summed E-state index contributed by atoms with van der Waals surface area (Å²) in [5.41, 5.74) is 5.00. The zero-order valence-corrected chi connectivity index (χ0v) is 14.2. The fraction of sp³-hybridized carbons (Fsp3) is 0.500. The minimum Gasteiger partial charge on any atom is -0.369 e. The van der Waals surface area contributed by atoms with Crippen molar-refractivity contribution in [1.82, 2.24) is 9.80 Å². The Morgan fingerprint density at radius 3 is 2.28 bits per heavy atom. The Balaban J connectivity index is 1.85. The topological polar surface area (TPSA) is 83.7 Å². The summed E-state index contributed by atoms with van der Waals surface area (Å²) in [5.74, 6) is -1.89. The molecule has 0 bridgehead atoms. The average molecular weight is 347 g/mol. The van der Waals surface area contributed by atoms with Gasteiger partial charge in [-0.25, -0.2) is 4.39 Å². The molecule has 1 saturated heterocycles. The van der Waals surface area contributed by atoms with E-state index in [1.807, 2.05) is 0 Å². The van der Waals surface area contributed by atoms with Gasteiger partial charge in [0.25, 0.3) is 0 Å². The minimum absolute atomic E-state index is 0.157. The summed E-state index contributed by atoms with van der Waals surface area (Å²) in [7, 11) is 0. The van der Waals surface area contributed by atoms with E-state index in [9.17, 15) is 18.8 Å². The number of carbonyl (C=O) groups is 3. The molecule has 1 saturated carbocycles. The molecule has 1 aromatic carbocycles. The Morgan fingerprint density at radius 1 is 1.12 bits per heavy atom. The smallest absolute Gasteiger partial charge is 0.233 e. The molecule has 7 heteroatoms. The van der Waals surface area contributed by atoms with Gasteiger partial charge in [0.1, 0.15) is 5.82 Å². The Bertz CT molecular complexity index is 717. The summed E-state index contributed by atoms with van der Waals surface area (Å²) in [6.45, 7) is 2.46. The molecule has 2 aliphatic rings. The molecule has 134 valence electrons. The molecule has 1 atom stereocenters. The molecule has 1 heterocycles. The fourth-order valence-corrected chi connectivity index (χ4v) is 3.54. The average Bonchev–Trinajstić information content (AvgIpc) is 3.38. The highest BCUT2D eigenvalue weighted by Gasteiger charge is 2.54. The van der Waals surface area contributed by atoms with Crippen LogP contribution in [-0.4, -0.2) is 53.7 Å². The summed E-state index contributed by atoms with van der Waals surface area (Å²) >= 11 is 0. The zero-order valence-electron chi connectivity index (χ0n) is 14.2. The lowest BCUT2D eigenvalue weighted by Crippen LogP contribution is -2.44. The Morgan fingerprint density at radius 2 is 1.72 bits per heavy atom. The molecule has 1 aliphatic carbocycles. The second-order valence-corrected chi connectivity index (χ2v) is 6.88. The fourth-order valence-electron chi connectivity index (χ4n) is 3.54.